The Labute approximate surface area is 312 Å². The second-order valence-electron chi connectivity index (χ2n) is 12.9. The van der Waals surface area contributed by atoms with Crippen molar-refractivity contribution in [1.29, 1.82) is 0 Å². The fourth-order valence-electron chi connectivity index (χ4n) is 6.29. The summed E-state index contributed by atoms with van der Waals surface area (Å²) < 4.78 is 26.4. The summed E-state index contributed by atoms with van der Waals surface area (Å²) in [4.78, 5) is 47.7. The number of ether oxygens (including phenoxy) is 4. The largest absolute Gasteiger partial charge is 0.508 e. The van der Waals surface area contributed by atoms with Crippen LogP contribution in [0, 0.1) is 11.8 Å². The minimum absolute atomic E-state index is 0.0531. The minimum atomic E-state index is -1.23. The third-order valence-corrected chi connectivity index (χ3v) is 9.08. The van der Waals surface area contributed by atoms with E-state index in [9.17, 15) is 29.4 Å². The van der Waals surface area contributed by atoms with E-state index < -0.39 is 18.1 Å². The van der Waals surface area contributed by atoms with E-state index in [0.717, 1.165) is 11.8 Å². The summed E-state index contributed by atoms with van der Waals surface area (Å²) in [5, 5.41) is 28.3. The minimum Gasteiger partial charge on any atom is -0.508 e. The van der Waals surface area contributed by atoms with Gasteiger partial charge >= 0.3 is 18.1 Å². The van der Waals surface area contributed by atoms with Crippen molar-refractivity contribution in [2.45, 2.75) is 32.1 Å². The zero-order chi connectivity index (χ0) is 38.3. The SMILES string of the molecule is C1=C\CCC2CC2CC/1.COC(=O)NCCOCCOCCOCCNC(=O)Nc1ccc(-c2c3ccc(=O)cc-3oc3cc(O)ccc23)c(C(=O)O)c1. The molecular weight excluding hydrogens is 698 g/mol. The molecule has 6 rings (SSSR count). The Kier molecular flexibility index (Phi) is 14.8. The van der Waals surface area contributed by atoms with Crippen LogP contribution in [0.15, 0.2) is 76.0 Å². The van der Waals surface area contributed by atoms with Gasteiger partial charge in [0.15, 0.2) is 5.43 Å². The smallest absolute Gasteiger partial charge is 0.406 e. The first-order chi connectivity index (χ1) is 26.2. The fraction of sp³-hybridized carbons (Fsp3) is 0.400. The van der Waals surface area contributed by atoms with Crippen LogP contribution < -0.4 is 21.4 Å². The monoisotopic (exact) mass is 745 g/mol. The number of rotatable bonds is 15. The van der Waals surface area contributed by atoms with Crippen LogP contribution in [-0.4, -0.2) is 88.1 Å². The number of phenolic OH excluding ortho intramolecular Hbond substituents is 1. The predicted octanol–water partition coefficient (Wildman–Crippen LogP) is 6.25. The Morgan fingerprint density at radius 3 is 2.11 bits per heavy atom. The number of alkyl carbamates (subject to hydrolysis) is 1. The van der Waals surface area contributed by atoms with Gasteiger partial charge in [-0.15, -0.1) is 0 Å². The molecule has 0 bridgehead atoms. The standard InChI is InChI=1S/C31H33N3O11.C9H14/c1-41-31(40)33-9-11-43-13-15-44-14-12-42-10-8-32-30(39)34-19-2-5-22(25(16-19)29(37)38)28-23-6-3-20(35)17-26(23)45-27-18-21(36)4-7-24(27)28;1-2-4-6-9-7-8(9)5-3-1/h2-7,16-18,35H,8-15H2,1H3,(H,33,40)(H,37,38)(H2,32,34,39);1-2,8-9H,3-7H2/b;2-1-. The molecule has 14 nitrogen and oxygen atoms in total. The van der Waals surface area contributed by atoms with Gasteiger partial charge in [-0.3, -0.25) is 4.79 Å². The number of methoxy groups -OCH3 is 1. The number of benzene rings is 3. The van der Waals surface area contributed by atoms with Gasteiger partial charge in [0, 0.05) is 47.4 Å². The van der Waals surface area contributed by atoms with E-state index in [1.807, 2.05) is 0 Å². The van der Waals surface area contributed by atoms with Crippen LogP contribution in [0.3, 0.4) is 0 Å². The number of carbonyl (C=O) groups is 3. The van der Waals surface area contributed by atoms with Crippen LogP contribution in [0.1, 0.15) is 42.5 Å². The molecule has 0 radical (unpaired) electrons. The highest BCUT2D eigenvalue weighted by Gasteiger charge is 2.35. The van der Waals surface area contributed by atoms with Gasteiger partial charge in [-0.25, -0.2) is 14.4 Å². The summed E-state index contributed by atoms with van der Waals surface area (Å²) in [5.41, 5.74) is 1.49. The number of urea groups is 1. The molecule has 4 aliphatic rings. The lowest BCUT2D eigenvalue weighted by Gasteiger charge is -2.17. The van der Waals surface area contributed by atoms with E-state index >= 15 is 0 Å². The number of aromatic hydroxyl groups is 1. The van der Waals surface area contributed by atoms with Gasteiger partial charge in [0.25, 0.3) is 0 Å². The molecule has 1 fully saturated rings. The average Bonchev–Trinajstić information content (AvgIpc) is 3.88. The Morgan fingerprint density at radius 2 is 1.44 bits per heavy atom. The van der Waals surface area contributed by atoms with Crippen molar-refractivity contribution in [2.24, 2.45) is 11.8 Å². The highest BCUT2D eigenvalue weighted by molar-refractivity contribution is 6.08. The summed E-state index contributed by atoms with van der Waals surface area (Å²) in [6.07, 6.45) is 11.4. The van der Waals surface area contributed by atoms with E-state index in [1.165, 1.54) is 63.1 Å². The van der Waals surface area contributed by atoms with Crippen LogP contribution >= 0.6 is 0 Å². The lowest BCUT2D eigenvalue weighted by Crippen LogP contribution is -2.31. The normalized spacial score (nSPS) is 16.5. The molecule has 2 unspecified atom stereocenters. The van der Waals surface area contributed by atoms with Crippen molar-refractivity contribution >= 4 is 34.8 Å². The molecule has 288 valence electrons. The second-order valence-corrected chi connectivity index (χ2v) is 12.9. The molecule has 3 amide bonds. The maximum Gasteiger partial charge on any atom is 0.406 e. The molecule has 1 heterocycles. The molecule has 3 aliphatic carbocycles. The van der Waals surface area contributed by atoms with E-state index in [4.69, 9.17) is 18.6 Å². The third-order valence-electron chi connectivity index (χ3n) is 9.08. The third kappa shape index (κ3) is 11.8. The van der Waals surface area contributed by atoms with E-state index in [-0.39, 0.29) is 46.9 Å². The molecule has 54 heavy (non-hydrogen) atoms. The maximum atomic E-state index is 12.4. The van der Waals surface area contributed by atoms with Crippen LogP contribution in [0.4, 0.5) is 15.3 Å². The van der Waals surface area contributed by atoms with Gasteiger partial charge in [0.2, 0.25) is 0 Å². The summed E-state index contributed by atoms with van der Waals surface area (Å²) in [6.45, 7) is 2.45. The van der Waals surface area contributed by atoms with E-state index in [1.54, 1.807) is 30.7 Å². The summed E-state index contributed by atoms with van der Waals surface area (Å²) in [7, 11) is 1.28. The molecular formula is C40H47N3O11. The number of anilines is 1. The molecule has 0 saturated heterocycles. The summed E-state index contributed by atoms with van der Waals surface area (Å²) >= 11 is 0. The number of aromatic carboxylic acids is 1. The number of hydrogen-bond donors (Lipinski definition) is 5. The van der Waals surface area contributed by atoms with Gasteiger partial charge in [0.1, 0.15) is 17.1 Å². The van der Waals surface area contributed by atoms with Gasteiger partial charge < -0.3 is 49.5 Å². The first-order valence-corrected chi connectivity index (χ1v) is 18.1. The molecule has 0 spiro atoms. The first-order valence-electron chi connectivity index (χ1n) is 18.1. The highest BCUT2D eigenvalue weighted by atomic mass is 16.5. The van der Waals surface area contributed by atoms with Crippen molar-refractivity contribution in [3.05, 3.63) is 82.5 Å². The number of amides is 3. The number of fused-ring (bicyclic) bond motifs is 3. The Bertz CT molecular complexity index is 1930. The molecule has 1 aliphatic heterocycles. The quantitative estimate of drug-likeness (QED) is 0.0525. The number of carboxylic acids is 1. The maximum absolute atomic E-state index is 12.4. The fourth-order valence-corrected chi connectivity index (χ4v) is 6.29. The van der Waals surface area contributed by atoms with Crippen LogP contribution in [0.2, 0.25) is 0 Å². The molecule has 14 heteroatoms. The topological polar surface area (TPSA) is 195 Å². The van der Waals surface area contributed by atoms with Gasteiger partial charge in [-0.2, -0.15) is 0 Å². The molecule has 2 atom stereocenters. The molecule has 1 saturated carbocycles. The number of allylic oxidation sites excluding steroid dienone is 2. The number of carbonyl (C=O) groups excluding carboxylic acids is 2. The Hall–Kier alpha value is -5.44. The number of hydrogen-bond acceptors (Lipinski definition) is 10. The first kappa shape index (κ1) is 39.8. The lowest BCUT2D eigenvalue weighted by atomic mass is 9.90. The zero-order valence-electron chi connectivity index (χ0n) is 30.3. The zero-order valence-corrected chi connectivity index (χ0v) is 30.3. The number of carboxylic acid groups (broad SMARTS) is 1. The van der Waals surface area contributed by atoms with Gasteiger partial charge in [-0.05, 0) is 85.9 Å². The van der Waals surface area contributed by atoms with E-state index in [2.05, 4.69) is 32.8 Å². The van der Waals surface area contributed by atoms with Crippen molar-refractivity contribution in [3.63, 3.8) is 0 Å². The average molecular weight is 746 g/mol. The number of nitrogens with one attached hydrogen (secondary N) is 3. The molecule has 2 aromatic rings. The van der Waals surface area contributed by atoms with Crippen molar-refractivity contribution in [3.8, 4) is 28.2 Å². The molecule has 0 aromatic heterocycles. The predicted molar refractivity (Wildman–Crippen MR) is 202 cm³/mol. The summed E-state index contributed by atoms with van der Waals surface area (Å²) in [5.74, 6) is 1.22. The van der Waals surface area contributed by atoms with Gasteiger partial charge in [0.05, 0.1) is 52.3 Å². The highest BCUT2D eigenvalue weighted by Crippen LogP contribution is 2.46. The van der Waals surface area contributed by atoms with Crippen LogP contribution in [-0.2, 0) is 18.9 Å². The van der Waals surface area contributed by atoms with Crippen LogP contribution in [0.25, 0.3) is 33.4 Å². The second kappa shape index (κ2) is 20.1. The Balaban J connectivity index is 0.000000537. The van der Waals surface area contributed by atoms with Crippen molar-refractivity contribution < 1.29 is 48.0 Å². The van der Waals surface area contributed by atoms with Crippen molar-refractivity contribution in [1.82, 2.24) is 10.6 Å². The molecule has 5 N–H and O–H groups in total. The summed E-state index contributed by atoms with van der Waals surface area (Å²) in [6, 6.07) is 12.6. The Morgan fingerprint density at radius 1 is 0.796 bits per heavy atom. The van der Waals surface area contributed by atoms with E-state index in [0.29, 0.717) is 61.7 Å². The van der Waals surface area contributed by atoms with Crippen LogP contribution in [0.5, 0.6) is 5.75 Å². The van der Waals surface area contributed by atoms with Gasteiger partial charge in [-0.1, -0.05) is 18.2 Å². The lowest BCUT2D eigenvalue weighted by molar-refractivity contribution is 0.0160. The molecule has 2 aromatic carbocycles. The number of phenols is 1. The van der Waals surface area contributed by atoms with Crippen molar-refractivity contribution in [2.75, 3.05) is 65.2 Å².